The molecule has 0 radical (unpaired) electrons. The molecule has 0 aromatic heterocycles. The molecule has 0 saturated heterocycles. The van der Waals surface area contributed by atoms with E-state index in [2.05, 4.69) is 13.8 Å². The smallest absolute Gasteiger partial charge is 0.306 e. The molecule has 0 atom stereocenters. The van der Waals surface area contributed by atoms with Crippen LogP contribution in [0.15, 0.2) is 0 Å². The molecule has 0 aliphatic heterocycles. The first-order valence-corrected chi connectivity index (χ1v) is 11.6. The number of ether oxygens (including phenoxy) is 3. The van der Waals surface area contributed by atoms with Crippen LogP contribution in [0.4, 0.5) is 0 Å². The van der Waals surface area contributed by atoms with Crippen molar-refractivity contribution in [3.05, 3.63) is 0 Å². The van der Waals surface area contributed by atoms with Crippen LogP contribution in [0, 0.1) is 0 Å². The van der Waals surface area contributed by atoms with Crippen molar-refractivity contribution in [2.24, 2.45) is 0 Å². The van der Waals surface area contributed by atoms with Gasteiger partial charge in [-0.1, -0.05) is 65.2 Å². The fourth-order valence-electron chi connectivity index (χ4n) is 2.83. The van der Waals surface area contributed by atoms with Gasteiger partial charge in [0.1, 0.15) is 13.2 Å². The molecule has 0 rings (SSSR count). The molecular formula is C23H40O8. The zero-order chi connectivity index (χ0) is 23.3. The standard InChI is InChI=1S/C23H40O8/c1-3-5-7-9-11-13-21(26)29-17-19(31-23(28)16-15-20(24)25)18-30-22(27)14-12-10-8-6-4-2/h19H,3-18H2,1-2H3,(H,24,25). The lowest BCUT2D eigenvalue weighted by atomic mass is 10.1. The zero-order valence-corrected chi connectivity index (χ0v) is 19.2. The van der Waals surface area contributed by atoms with Gasteiger partial charge in [0, 0.05) is 12.8 Å². The molecule has 0 bridgehead atoms. The summed E-state index contributed by atoms with van der Waals surface area (Å²) in [6.45, 7) is 3.78. The minimum Gasteiger partial charge on any atom is -0.481 e. The summed E-state index contributed by atoms with van der Waals surface area (Å²) in [5, 5.41) is 8.68. The first kappa shape index (κ1) is 28.9. The van der Waals surface area contributed by atoms with Crippen LogP contribution in [-0.2, 0) is 33.4 Å². The Balaban J connectivity index is 4.37. The first-order valence-electron chi connectivity index (χ1n) is 11.6. The summed E-state index contributed by atoms with van der Waals surface area (Å²) in [6, 6.07) is 0. The van der Waals surface area contributed by atoms with Crippen LogP contribution in [-0.4, -0.2) is 48.3 Å². The maximum Gasteiger partial charge on any atom is 0.306 e. The highest BCUT2D eigenvalue weighted by Gasteiger charge is 2.20. The highest BCUT2D eigenvalue weighted by atomic mass is 16.6. The molecule has 0 aromatic rings. The predicted molar refractivity (Wildman–Crippen MR) is 115 cm³/mol. The number of carbonyl (C=O) groups is 4. The molecule has 0 aliphatic rings. The van der Waals surface area contributed by atoms with E-state index < -0.39 is 30.0 Å². The van der Waals surface area contributed by atoms with Crippen molar-refractivity contribution >= 4 is 23.9 Å². The van der Waals surface area contributed by atoms with E-state index >= 15 is 0 Å². The highest BCUT2D eigenvalue weighted by molar-refractivity contribution is 5.76. The summed E-state index contributed by atoms with van der Waals surface area (Å²) < 4.78 is 15.5. The lowest BCUT2D eigenvalue weighted by Crippen LogP contribution is -2.31. The number of esters is 3. The van der Waals surface area contributed by atoms with Crippen molar-refractivity contribution in [1.29, 1.82) is 0 Å². The molecule has 8 nitrogen and oxygen atoms in total. The Hall–Kier alpha value is -2.12. The average molecular weight is 445 g/mol. The van der Waals surface area contributed by atoms with E-state index in [1.165, 1.54) is 0 Å². The van der Waals surface area contributed by atoms with Crippen LogP contribution in [0.25, 0.3) is 0 Å². The van der Waals surface area contributed by atoms with Crippen molar-refractivity contribution in [3.63, 3.8) is 0 Å². The number of carboxylic acid groups (broad SMARTS) is 1. The molecular weight excluding hydrogens is 404 g/mol. The molecule has 0 heterocycles. The number of rotatable bonds is 20. The lowest BCUT2D eigenvalue weighted by Gasteiger charge is -2.18. The van der Waals surface area contributed by atoms with Gasteiger partial charge in [0.2, 0.25) is 0 Å². The van der Waals surface area contributed by atoms with E-state index in [4.69, 9.17) is 19.3 Å². The van der Waals surface area contributed by atoms with Gasteiger partial charge in [-0.2, -0.15) is 0 Å². The number of carboxylic acids is 1. The molecule has 0 aliphatic carbocycles. The van der Waals surface area contributed by atoms with Gasteiger partial charge in [-0.05, 0) is 12.8 Å². The van der Waals surface area contributed by atoms with Gasteiger partial charge in [-0.15, -0.1) is 0 Å². The summed E-state index contributed by atoms with van der Waals surface area (Å²) in [5.74, 6) is -2.65. The van der Waals surface area contributed by atoms with Crippen LogP contribution in [0.1, 0.15) is 104 Å². The van der Waals surface area contributed by atoms with Gasteiger partial charge in [-0.25, -0.2) is 0 Å². The van der Waals surface area contributed by atoms with Crippen LogP contribution in [0.2, 0.25) is 0 Å². The average Bonchev–Trinajstić information content (AvgIpc) is 2.73. The molecule has 0 fully saturated rings. The Morgan fingerprint density at radius 1 is 0.613 bits per heavy atom. The van der Waals surface area contributed by atoms with Gasteiger partial charge < -0.3 is 19.3 Å². The third-order valence-electron chi connectivity index (χ3n) is 4.67. The zero-order valence-electron chi connectivity index (χ0n) is 19.2. The largest absolute Gasteiger partial charge is 0.481 e. The molecule has 0 saturated carbocycles. The second-order valence-electron chi connectivity index (χ2n) is 7.70. The maximum atomic E-state index is 11.9. The van der Waals surface area contributed by atoms with E-state index in [1.807, 2.05) is 0 Å². The Kier molecular flexibility index (Phi) is 18.5. The molecule has 31 heavy (non-hydrogen) atoms. The minimum absolute atomic E-state index is 0.226. The maximum absolute atomic E-state index is 11.9. The van der Waals surface area contributed by atoms with Gasteiger partial charge in [0.05, 0.1) is 12.8 Å². The van der Waals surface area contributed by atoms with Crippen LogP contribution < -0.4 is 0 Å². The molecule has 0 aromatic carbocycles. The number of unbranched alkanes of at least 4 members (excludes halogenated alkanes) is 8. The van der Waals surface area contributed by atoms with Crippen molar-refractivity contribution in [3.8, 4) is 0 Å². The highest BCUT2D eigenvalue weighted by Crippen LogP contribution is 2.09. The quantitative estimate of drug-likeness (QED) is 0.165. The molecule has 1 N–H and O–H groups in total. The minimum atomic E-state index is -1.11. The summed E-state index contributed by atoms with van der Waals surface area (Å²) in [4.78, 5) is 46.2. The molecule has 0 amide bonds. The van der Waals surface area contributed by atoms with Gasteiger partial charge in [-0.3, -0.25) is 19.2 Å². The summed E-state index contributed by atoms with van der Waals surface area (Å²) in [5.41, 5.74) is 0. The van der Waals surface area contributed by atoms with Crippen molar-refractivity contribution < 1.29 is 38.5 Å². The number of aliphatic carboxylic acids is 1. The Bertz CT molecular complexity index is 488. The normalized spacial score (nSPS) is 10.7. The summed E-state index contributed by atoms with van der Waals surface area (Å²) >= 11 is 0. The van der Waals surface area contributed by atoms with Gasteiger partial charge in [0.25, 0.3) is 0 Å². The van der Waals surface area contributed by atoms with Crippen LogP contribution >= 0.6 is 0 Å². The third-order valence-corrected chi connectivity index (χ3v) is 4.67. The second-order valence-corrected chi connectivity index (χ2v) is 7.70. The topological polar surface area (TPSA) is 116 Å². The van der Waals surface area contributed by atoms with E-state index in [9.17, 15) is 19.2 Å². The molecule has 180 valence electrons. The monoisotopic (exact) mass is 444 g/mol. The summed E-state index contributed by atoms with van der Waals surface area (Å²) in [6.07, 6.45) is 8.96. The van der Waals surface area contributed by atoms with Gasteiger partial charge in [0.15, 0.2) is 6.10 Å². The first-order chi connectivity index (χ1) is 14.9. The summed E-state index contributed by atoms with van der Waals surface area (Å²) in [7, 11) is 0. The Labute approximate surface area is 186 Å². The molecule has 0 spiro atoms. The fourth-order valence-corrected chi connectivity index (χ4v) is 2.83. The second kappa shape index (κ2) is 19.8. The lowest BCUT2D eigenvalue weighted by molar-refractivity contribution is -0.167. The van der Waals surface area contributed by atoms with Crippen molar-refractivity contribution in [1.82, 2.24) is 0 Å². The van der Waals surface area contributed by atoms with Crippen LogP contribution in [0.5, 0.6) is 0 Å². The van der Waals surface area contributed by atoms with Crippen LogP contribution in [0.3, 0.4) is 0 Å². The van der Waals surface area contributed by atoms with Crippen molar-refractivity contribution in [2.75, 3.05) is 13.2 Å². The van der Waals surface area contributed by atoms with Gasteiger partial charge >= 0.3 is 23.9 Å². The SMILES string of the molecule is CCCCCCCC(=O)OCC(COC(=O)CCCCCCC)OC(=O)CCC(=O)O. The van der Waals surface area contributed by atoms with E-state index in [1.54, 1.807) is 0 Å². The van der Waals surface area contributed by atoms with E-state index in [-0.39, 0.29) is 38.9 Å². The number of carbonyl (C=O) groups excluding carboxylic acids is 3. The molecule has 0 unspecified atom stereocenters. The fraction of sp³-hybridized carbons (Fsp3) is 0.826. The number of hydrogen-bond acceptors (Lipinski definition) is 7. The van der Waals surface area contributed by atoms with E-state index in [0.717, 1.165) is 64.2 Å². The predicted octanol–water partition coefficient (Wildman–Crippen LogP) is 4.57. The molecule has 8 heteroatoms. The van der Waals surface area contributed by atoms with E-state index in [0.29, 0.717) is 0 Å². The Morgan fingerprint density at radius 2 is 1.06 bits per heavy atom. The number of hydrogen-bond donors (Lipinski definition) is 1. The third kappa shape index (κ3) is 19.6. The Morgan fingerprint density at radius 3 is 1.48 bits per heavy atom. The van der Waals surface area contributed by atoms with Crippen molar-refractivity contribution in [2.45, 2.75) is 110 Å².